The predicted octanol–water partition coefficient (Wildman–Crippen LogP) is 4.47. The molecular weight excluding hydrogens is 440 g/mol. The van der Waals surface area contributed by atoms with Crippen molar-refractivity contribution in [1.29, 1.82) is 0 Å². The number of nitrogens with one attached hydrogen (secondary N) is 1. The molecule has 0 aliphatic carbocycles. The van der Waals surface area contributed by atoms with E-state index in [0.717, 1.165) is 27.5 Å². The average molecular weight is 461 g/mol. The SMILES string of the molecule is CCCSc1nnc(CNC(=O)c2cccc(OC)c2)n1-c1ccc(Br)cc1. The van der Waals surface area contributed by atoms with Gasteiger partial charge in [-0.15, -0.1) is 10.2 Å². The summed E-state index contributed by atoms with van der Waals surface area (Å²) >= 11 is 5.11. The van der Waals surface area contributed by atoms with Crippen LogP contribution >= 0.6 is 27.7 Å². The molecule has 0 bridgehead atoms. The Hall–Kier alpha value is -2.32. The molecule has 0 atom stereocenters. The van der Waals surface area contributed by atoms with E-state index in [9.17, 15) is 4.79 Å². The summed E-state index contributed by atoms with van der Waals surface area (Å²) in [5.41, 5.74) is 1.49. The summed E-state index contributed by atoms with van der Waals surface area (Å²) in [5.74, 6) is 2.08. The second-order valence-corrected chi connectivity index (χ2v) is 7.95. The Balaban J connectivity index is 1.82. The molecule has 8 heteroatoms. The Bertz CT molecular complexity index is 944. The quantitative estimate of drug-likeness (QED) is 0.502. The molecule has 0 saturated carbocycles. The van der Waals surface area contributed by atoms with Gasteiger partial charge in [0.05, 0.1) is 13.7 Å². The van der Waals surface area contributed by atoms with E-state index in [4.69, 9.17) is 4.74 Å². The van der Waals surface area contributed by atoms with Crippen LogP contribution in [0.5, 0.6) is 5.75 Å². The van der Waals surface area contributed by atoms with E-state index in [0.29, 0.717) is 17.1 Å². The standard InChI is InChI=1S/C20H21BrN4O2S/c1-3-11-28-20-24-23-18(25(20)16-9-7-15(21)8-10-16)13-22-19(26)14-5-4-6-17(12-14)27-2/h4-10,12H,3,11,13H2,1-2H3,(H,22,26). The van der Waals surface area contributed by atoms with Crippen LogP contribution in [0.3, 0.4) is 0 Å². The highest BCUT2D eigenvalue weighted by molar-refractivity contribution is 9.10. The van der Waals surface area contributed by atoms with Crippen LogP contribution in [0.4, 0.5) is 0 Å². The summed E-state index contributed by atoms with van der Waals surface area (Å²) in [6.45, 7) is 2.40. The van der Waals surface area contributed by atoms with E-state index in [1.807, 2.05) is 28.8 Å². The summed E-state index contributed by atoms with van der Waals surface area (Å²) in [5, 5.41) is 12.4. The molecule has 0 aliphatic rings. The Morgan fingerprint density at radius 3 is 2.71 bits per heavy atom. The molecule has 146 valence electrons. The molecule has 28 heavy (non-hydrogen) atoms. The Kier molecular flexibility index (Phi) is 7.11. The Labute approximate surface area is 176 Å². The molecule has 0 aliphatic heterocycles. The highest BCUT2D eigenvalue weighted by Gasteiger charge is 2.16. The van der Waals surface area contributed by atoms with Crippen LogP contribution in [0.1, 0.15) is 29.5 Å². The summed E-state index contributed by atoms with van der Waals surface area (Å²) in [7, 11) is 1.58. The van der Waals surface area contributed by atoms with Gasteiger partial charge in [0.2, 0.25) is 0 Å². The maximum Gasteiger partial charge on any atom is 0.251 e. The van der Waals surface area contributed by atoms with E-state index in [2.05, 4.69) is 38.4 Å². The lowest BCUT2D eigenvalue weighted by molar-refractivity contribution is 0.0949. The molecule has 0 fully saturated rings. The zero-order chi connectivity index (χ0) is 19.9. The molecule has 1 N–H and O–H groups in total. The molecule has 1 amide bonds. The minimum absolute atomic E-state index is 0.188. The van der Waals surface area contributed by atoms with Crippen LogP contribution in [0.2, 0.25) is 0 Å². The van der Waals surface area contributed by atoms with E-state index in [-0.39, 0.29) is 12.5 Å². The van der Waals surface area contributed by atoms with Crippen LogP contribution in [-0.4, -0.2) is 33.5 Å². The number of carbonyl (C=O) groups excluding carboxylic acids is 1. The fourth-order valence-electron chi connectivity index (χ4n) is 2.58. The zero-order valence-electron chi connectivity index (χ0n) is 15.7. The Morgan fingerprint density at radius 2 is 2.00 bits per heavy atom. The fourth-order valence-corrected chi connectivity index (χ4v) is 3.67. The second kappa shape index (κ2) is 9.75. The topological polar surface area (TPSA) is 69.0 Å². The van der Waals surface area contributed by atoms with Crippen molar-refractivity contribution in [1.82, 2.24) is 20.1 Å². The average Bonchev–Trinajstić information content (AvgIpc) is 3.13. The Morgan fingerprint density at radius 1 is 1.21 bits per heavy atom. The first-order valence-electron chi connectivity index (χ1n) is 8.87. The van der Waals surface area contributed by atoms with E-state index in [1.165, 1.54) is 0 Å². The fraction of sp³-hybridized carbons (Fsp3) is 0.250. The minimum atomic E-state index is -0.188. The molecule has 0 spiro atoms. The smallest absolute Gasteiger partial charge is 0.251 e. The van der Waals surface area contributed by atoms with Gasteiger partial charge in [-0.25, -0.2) is 0 Å². The van der Waals surface area contributed by atoms with Crippen LogP contribution < -0.4 is 10.1 Å². The first-order valence-corrected chi connectivity index (χ1v) is 10.7. The van der Waals surface area contributed by atoms with Crippen molar-refractivity contribution in [3.8, 4) is 11.4 Å². The van der Waals surface area contributed by atoms with Crippen LogP contribution in [-0.2, 0) is 6.54 Å². The van der Waals surface area contributed by atoms with Gasteiger partial charge in [0.15, 0.2) is 11.0 Å². The molecule has 2 aromatic carbocycles. The predicted molar refractivity (Wildman–Crippen MR) is 114 cm³/mol. The number of benzene rings is 2. The van der Waals surface area contributed by atoms with Gasteiger partial charge in [0.1, 0.15) is 5.75 Å². The van der Waals surface area contributed by atoms with Crippen LogP contribution in [0, 0.1) is 0 Å². The van der Waals surface area contributed by atoms with Gasteiger partial charge in [-0.1, -0.05) is 40.7 Å². The van der Waals surface area contributed by atoms with Gasteiger partial charge in [-0.3, -0.25) is 9.36 Å². The van der Waals surface area contributed by atoms with Crippen molar-refractivity contribution >= 4 is 33.6 Å². The molecule has 0 saturated heterocycles. The number of hydrogen-bond acceptors (Lipinski definition) is 5. The van der Waals surface area contributed by atoms with Crippen LogP contribution in [0.25, 0.3) is 5.69 Å². The highest BCUT2D eigenvalue weighted by Crippen LogP contribution is 2.24. The maximum absolute atomic E-state index is 12.5. The molecule has 6 nitrogen and oxygen atoms in total. The first-order chi connectivity index (χ1) is 13.6. The first kappa shape index (κ1) is 20.4. The lowest BCUT2D eigenvalue weighted by Gasteiger charge is -2.11. The molecule has 1 aromatic heterocycles. The van der Waals surface area contributed by atoms with Gasteiger partial charge >= 0.3 is 0 Å². The molecule has 3 aromatic rings. The highest BCUT2D eigenvalue weighted by atomic mass is 79.9. The molecule has 0 radical (unpaired) electrons. The lowest BCUT2D eigenvalue weighted by Crippen LogP contribution is -2.24. The second-order valence-electron chi connectivity index (χ2n) is 5.97. The molecule has 0 unspecified atom stereocenters. The number of rotatable bonds is 8. The summed E-state index contributed by atoms with van der Waals surface area (Å²) in [6.07, 6.45) is 1.04. The third-order valence-corrected chi connectivity index (χ3v) is 5.62. The van der Waals surface area contributed by atoms with E-state index in [1.54, 1.807) is 43.1 Å². The number of thioether (sulfide) groups is 1. The summed E-state index contributed by atoms with van der Waals surface area (Å²) in [6, 6.07) is 15.0. The summed E-state index contributed by atoms with van der Waals surface area (Å²) < 4.78 is 8.17. The maximum atomic E-state index is 12.5. The number of halogens is 1. The number of hydrogen-bond donors (Lipinski definition) is 1. The third-order valence-electron chi connectivity index (χ3n) is 3.96. The van der Waals surface area contributed by atoms with E-state index >= 15 is 0 Å². The van der Waals surface area contributed by atoms with Crippen molar-refractivity contribution < 1.29 is 9.53 Å². The van der Waals surface area contributed by atoms with Crippen molar-refractivity contribution in [3.63, 3.8) is 0 Å². The summed E-state index contributed by atoms with van der Waals surface area (Å²) in [4.78, 5) is 12.5. The molecule has 3 rings (SSSR count). The van der Waals surface area contributed by atoms with Crippen molar-refractivity contribution in [2.24, 2.45) is 0 Å². The van der Waals surface area contributed by atoms with Gasteiger partial charge < -0.3 is 10.1 Å². The zero-order valence-corrected chi connectivity index (χ0v) is 18.1. The van der Waals surface area contributed by atoms with Gasteiger partial charge in [0, 0.05) is 21.5 Å². The number of methoxy groups -OCH3 is 1. The normalized spacial score (nSPS) is 10.7. The number of amides is 1. The number of nitrogens with zero attached hydrogens (tertiary/aromatic N) is 3. The van der Waals surface area contributed by atoms with Gasteiger partial charge in [-0.2, -0.15) is 0 Å². The van der Waals surface area contributed by atoms with E-state index < -0.39 is 0 Å². The third kappa shape index (κ3) is 4.94. The lowest BCUT2D eigenvalue weighted by atomic mass is 10.2. The van der Waals surface area contributed by atoms with Gasteiger partial charge in [-0.05, 0) is 48.9 Å². The van der Waals surface area contributed by atoms with Gasteiger partial charge in [0.25, 0.3) is 5.91 Å². The monoisotopic (exact) mass is 460 g/mol. The van der Waals surface area contributed by atoms with Crippen molar-refractivity contribution in [2.75, 3.05) is 12.9 Å². The number of ether oxygens (including phenoxy) is 1. The minimum Gasteiger partial charge on any atom is -0.497 e. The molecular formula is C20H21BrN4O2S. The number of carbonyl (C=O) groups is 1. The molecule has 1 heterocycles. The van der Waals surface area contributed by atoms with Crippen molar-refractivity contribution in [2.45, 2.75) is 25.0 Å². The van der Waals surface area contributed by atoms with Crippen LogP contribution in [0.15, 0.2) is 58.2 Å². The largest absolute Gasteiger partial charge is 0.497 e. The van der Waals surface area contributed by atoms with Crippen molar-refractivity contribution in [3.05, 3.63) is 64.4 Å². The number of aromatic nitrogens is 3.